The Balaban J connectivity index is 2.37. The summed E-state index contributed by atoms with van der Waals surface area (Å²) in [5.41, 5.74) is 16.8. The molecule has 0 heterocycles. The zero-order valence-electron chi connectivity index (χ0n) is 29.1. The van der Waals surface area contributed by atoms with Gasteiger partial charge in [-0.15, -0.1) is 0 Å². The van der Waals surface area contributed by atoms with Gasteiger partial charge >= 0.3 is 5.97 Å². The summed E-state index contributed by atoms with van der Waals surface area (Å²) in [6.45, 7) is -2.60. The summed E-state index contributed by atoms with van der Waals surface area (Å²) >= 11 is 0. The third-order valence-electron chi connectivity index (χ3n) is 7.74. The molecular weight excluding hydrogens is 714 g/mol. The van der Waals surface area contributed by atoms with Crippen molar-refractivity contribution >= 4 is 41.5 Å². The maximum atomic E-state index is 13.9. The molecule has 2 aromatic carbocycles. The van der Waals surface area contributed by atoms with Crippen LogP contribution in [0.3, 0.4) is 0 Å². The Kier molecular flexibility index (Phi) is 18.1. The van der Waals surface area contributed by atoms with Gasteiger partial charge in [0.05, 0.1) is 19.8 Å². The number of benzene rings is 2. The molecule has 2 aromatic rings. The second-order valence-corrected chi connectivity index (χ2v) is 12.0. The number of phenols is 2. The fourth-order valence-electron chi connectivity index (χ4n) is 4.75. The number of carboxylic acids is 1. The van der Waals surface area contributed by atoms with Gasteiger partial charge in [-0.25, -0.2) is 4.79 Å². The van der Waals surface area contributed by atoms with E-state index in [0.29, 0.717) is 11.1 Å². The normalized spacial score (nSPS) is 14.1. The summed E-state index contributed by atoms with van der Waals surface area (Å²) in [7, 11) is 0. The molecule has 0 saturated carbocycles. The molecule has 54 heavy (non-hydrogen) atoms. The van der Waals surface area contributed by atoms with Gasteiger partial charge in [0, 0.05) is 19.4 Å². The molecule has 5 amide bonds. The van der Waals surface area contributed by atoms with Crippen molar-refractivity contribution in [3.05, 3.63) is 59.7 Å². The molecule has 21 nitrogen and oxygen atoms in total. The second-order valence-electron chi connectivity index (χ2n) is 12.0. The second kappa shape index (κ2) is 22.1. The van der Waals surface area contributed by atoms with Gasteiger partial charge in [-0.05, 0) is 48.2 Å². The number of aliphatic carboxylic acids is 1. The number of aliphatic hydroxyl groups is 3. The van der Waals surface area contributed by atoms with E-state index in [1.54, 1.807) is 0 Å². The number of nitrogens with two attached hydrogens (primary N) is 3. The number of nitrogens with zero attached hydrogens (tertiary/aromatic N) is 1. The lowest BCUT2D eigenvalue weighted by atomic mass is 10.0. The van der Waals surface area contributed by atoms with Crippen LogP contribution in [0, 0.1) is 0 Å². The van der Waals surface area contributed by atoms with Crippen molar-refractivity contribution in [2.75, 3.05) is 26.4 Å². The largest absolute Gasteiger partial charge is 0.508 e. The van der Waals surface area contributed by atoms with Gasteiger partial charge < -0.3 is 74.4 Å². The highest BCUT2D eigenvalue weighted by Gasteiger charge is 2.33. The third-order valence-corrected chi connectivity index (χ3v) is 7.74. The first-order chi connectivity index (χ1) is 25.6. The van der Waals surface area contributed by atoms with E-state index in [-0.39, 0.29) is 49.7 Å². The van der Waals surface area contributed by atoms with Crippen LogP contribution in [0.1, 0.15) is 24.0 Å². The molecule has 0 aliphatic rings. The van der Waals surface area contributed by atoms with E-state index in [2.05, 4.69) is 31.6 Å². The van der Waals surface area contributed by atoms with Crippen LogP contribution in [0.2, 0.25) is 0 Å². The molecular formula is C33H47N9O12. The highest BCUT2D eigenvalue weighted by atomic mass is 16.4. The van der Waals surface area contributed by atoms with E-state index in [4.69, 9.17) is 22.3 Å². The molecule has 17 N–H and O–H groups in total. The maximum absolute atomic E-state index is 13.9. The van der Waals surface area contributed by atoms with Gasteiger partial charge in [0.15, 0.2) is 5.96 Å². The number of carbonyl (C=O) groups excluding carboxylic acids is 5. The van der Waals surface area contributed by atoms with Crippen molar-refractivity contribution in [2.45, 2.75) is 61.9 Å². The SMILES string of the molecule is NC(N)=NCCC[C@H](NC(=O)[C@H](CO)NC(=O)[C@H](Cc1ccc(O)cc1)NC(=O)[C@H](Cc1ccc(O)cc1)NC(=O)[C@H](CO)NC(=O)[C@@H](N)CO)C(=O)O. The molecule has 2 rings (SSSR count). The first-order valence-corrected chi connectivity index (χ1v) is 16.5. The zero-order valence-corrected chi connectivity index (χ0v) is 29.1. The molecule has 21 heteroatoms. The number of guanidine groups is 1. The fourth-order valence-corrected chi connectivity index (χ4v) is 4.75. The quantitative estimate of drug-likeness (QED) is 0.0303. The van der Waals surface area contributed by atoms with E-state index >= 15 is 0 Å². The molecule has 0 bridgehead atoms. The standard InChI is InChI=1S/C33H47N9O12/c34-21(14-43)27(48)41-25(15-44)31(52)40-23(12-17-3-7-19(46)8-4-17)28(49)39-24(13-18-5-9-20(47)10-6-18)29(50)42-26(16-45)30(51)38-22(32(53)54)2-1-11-37-33(35)36/h3-10,21-26,43-47H,1-2,11-16,34H2,(H,38,51)(H,39,49)(H,40,52)(H,41,48)(H,42,50)(H,53,54)(H4,35,36,37)/t21-,22-,23-,24-,25-,26-/m0/s1. The summed E-state index contributed by atoms with van der Waals surface area (Å²) < 4.78 is 0. The monoisotopic (exact) mass is 761 g/mol. The van der Waals surface area contributed by atoms with Crippen molar-refractivity contribution in [3.8, 4) is 11.5 Å². The van der Waals surface area contributed by atoms with Crippen molar-refractivity contribution in [1.29, 1.82) is 0 Å². The van der Waals surface area contributed by atoms with Crippen LogP contribution < -0.4 is 43.8 Å². The fraction of sp³-hybridized carbons (Fsp3) is 0.424. The minimum absolute atomic E-state index is 0.0716. The van der Waals surface area contributed by atoms with E-state index in [1.807, 2.05) is 0 Å². The number of aliphatic hydroxyl groups excluding tert-OH is 3. The minimum atomic E-state index is -1.69. The van der Waals surface area contributed by atoms with Crippen molar-refractivity contribution in [2.24, 2.45) is 22.2 Å². The molecule has 0 radical (unpaired) electrons. The van der Waals surface area contributed by atoms with Crippen LogP contribution >= 0.6 is 0 Å². The molecule has 0 saturated heterocycles. The number of aliphatic imine (C=N–C) groups is 1. The molecule has 0 aliphatic heterocycles. The number of hydrogen-bond donors (Lipinski definition) is 14. The summed E-state index contributed by atoms with van der Waals surface area (Å²) in [6.07, 6.45) is -0.439. The average Bonchev–Trinajstić information content (AvgIpc) is 3.14. The van der Waals surface area contributed by atoms with Gasteiger partial charge in [-0.1, -0.05) is 24.3 Å². The Bertz CT molecular complexity index is 1600. The maximum Gasteiger partial charge on any atom is 0.326 e. The van der Waals surface area contributed by atoms with Crippen molar-refractivity contribution in [3.63, 3.8) is 0 Å². The highest BCUT2D eigenvalue weighted by molar-refractivity contribution is 5.96. The Morgan fingerprint density at radius 1 is 0.574 bits per heavy atom. The lowest BCUT2D eigenvalue weighted by Crippen LogP contribution is -2.61. The number of amides is 5. The van der Waals surface area contributed by atoms with Gasteiger partial charge in [-0.2, -0.15) is 0 Å². The van der Waals surface area contributed by atoms with Gasteiger partial charge in [0.25, 0.3) is 0 Å². The first kappa shape index (κ1) is 44.1. The van der Waals surface area contributed by atoms with Crippen LogP contribution in [0.25, 0.3) is 0 Å². The summed E-state index contributed by atoms with van der Waals surface area (Å²) in [6, 6.07) is 1.86. The van der Waals surface area contributed by atoms with Crippen LogP contribution in [0.4, 0.5) is 0 Å². The molecule has 0 aliphatic carbocycles. The Morgan fingerprint density at radius 2 is 0.944 bits per heavy atom. The van der Waals surface area contributed by atoms with E-state index in [9.17, 15) is 54.3 Å². The van der Waals surface area contributed by atoms with Gasteiger partial charge in [-0.3, -0.25) is 29.0 Å². The topological polar surface area (TPSA) is 374 Å². The van der Waals surface area contributed by atoms with Gasteiger partial charge in [0.1, 0.15) is 47.8 Å². The minimum Gasteiger partial charge on any atom is -0.508 e. The van der Waals surface area contributed by atoms with E-state index in [1.165, 1.54) is 48.5 Å². The lowest BCUT2D eigenvalue weighted by molar-refractivity contribution is -0.142. The smallest absolute Gasteiger partial charge is 0.326 e. The number of carboxylic acid groups (broad SMARTS) is 1. The Labute approximate surface area is 309 Å². The van der Waals surface area contributed by atoms with E-state index in [0.717, 1.165) is 0 Å². The van der Waals surface area contributed by atoms with Crippen LogP contribution in [-0.2, 0) is 41.6 Å². The predicted octanol–water partition coefficient (Wildman–Crippen LogP) is -5.25. The number of rotatable bonds is 22. The molecule has 0 aromatic heterocycles. The van der Waals surface area contributed by atoms with Crippen molar-refractivity contribution in [1.82, 2.24) is 26.6 Å². The third kappa shape index (κ3) is 14.9. The number of aromatic hydroxyl groups is 2. The van der Waals surface area contributed by atoms with Crippen LogP contribution in [0.5, 0.6) is 11.5 Å². The van der Waals surface area contributed by atoms with Gasteiger partial charge in [0.2, 0.25) is 29.5 Å². The molecule has 0 spiro atoms. The van der Waals surface area contributed by atoms with Crippen LogP contribution in [0.15, 0.2) is 53.5 Å². The van der Waals surface area contributed by atoms with Crippen LogP contribution in [-0.4, -0.2) is 135 Å². The lowest BCUT2D eigenvalue weighted by Gasteiger charge is -2.26. The zero-order chi connectivity index (χ0) is 40.4. The summed E-state index contributed by atoms with van der Waals surface area (Å²) in [4.78, 5) is 81.5. The summed E-state index contributed by atoms with van der Waals surface area (Å²) in [5, 5.41) is 69.6. The Morgan fingerprint density at radius 3 is 1.31 bits per heavy atom. The highest BCUT2D eigenvalue weighted by Crippen LogP contribution is 2.14. The molecule has 6 atom stereocenters. The summed E-state index contributed by atoms with van der Waals surface area (Å²) in [5.74, 6) is -6.88. The number of phenolic OH excluding ortho intramolecular Hbond substituents is 2. The van der Waals surface area contributed by atoms with E-state index < -0.39 is 91.6 Å². The average molecular weight is 762 g/mol. The van der Waals surface area contributed by atoms with Crippen molar-refractivity contribution < 1.29 is 59.4 Å². The number of nitrogens with one attached hydrogen (secondary N) is 5. The molecule has 0 fully saturated rings. The predicted molar refractivity (Wildman–Crippen MR) is 190 cm³/mol. The first-order valence-electron chi connectivity index (χ1n) is 16.5. The number of hydrogen-bond acceptors (Lipinski definition) is 13. The number of carbonyl (C=O) groups is 6. The Hall–Kier alpha value is -6.03. The molecule has 296 valence electrons. The molecule has 0 unspecified atom stereocenters.